The second kappa shape index (κ2) is 20.6. The van der Waals surface area contributed by atoms with Gasteiger partial charge in [-0.3, -0.25) is 0 Å². The zero-order chi connectivity index (χ0) is 40.0. The summed E-state index contributed by atoms with van der Waals surface area (Å²) >= 11 is -2.05. The summed E-state index contributed by atoms with van der Waals surface area (Å²) < 4.78 is 2.71. The summed E-state index contributed by atoms with van der Waals surface area (Å²) in [5.41, 5.74) is 12.8. The van der Waals surface area contributed by atoms with Crippen molar-refractivity contribution in [1.82, 2.24) is 0 Å². The summed E-state index contributed by atoms with van der Waals surface area (Å²) in [5, 5.41) is 20.5. The number of allylic oxidation sites excluding steroid dienone is 24. The normalized spacial score (nSPS) is 18.2. The summed E-state index contributed by atoms with van der Waals surface area (Å²) in [7, 11) is 0. The molecule has 280 valence electrons. The molecule has 0 radical (unpaired) electrons. The number of hydrogen-bond acceptors (Lipinski definition) is 4. The van der Waals surface area contributed by atoms with Crippen LogP contribution in [0.3, 0.4) is 0 Å². The van der Waals surface area contributed by atoms with Gasteiger partial charge in [0.15, 0.2) is 0 Å². The van der Waals surface area contributed by atoms with Crippen LogP contribution in [-0.2, 0) is 24.6 Å². The Labute approximate surface area is 346 Å². The van der Waals surface area contributed by atoms with Crippen LogP contribution in [0.5, 0.6) is 11.5 Å². The first-order chi connectivity index (χ1) is 27.2. The van der Waals surface area contributed by atoms with Crippen molar-refractivity contribution in [1.29, 1.82) is 0 Å². The molecule has 4 bridgehead atoms. The molecule has 0 saturated carbocycles. The maximum atomic E-state index is 10.3. The summed E-state index contributed by atoms with van der Waals surface area (Å²) in [6.45, 7) is 19.3. The molecular weight excluding hydrogens is 873 g/mol. The van der Waals surface area contributed by atoms with E-state index < -0.39 is 24.6 Å². The van der Waals surface area contributed by atoms with E-state index in [9.17, 15) is 10.2 Å². The Morgan fingerprint density at radius 3 is 2.07 bits per heavy atom. The Balaban J connectivity index is 1.85. The molecule has 0 spiro atoms. The van der Waals surface area contributed by atoms with Crippen molar-refractivity contribution in [3.05, 3.63) is 209 Å². The van der Waals surface area contributed by atoms with Crippen molar-refractivity contribution in [2.45, 2.75) is 60.3 Å². The van der Waals surface area contributed by atoms with Gasteiger partial charge in [-0.2, -0.15) is 0 Å². The Bertz CT molecular complexity index is 2280. The van der Waals surface area contributed by atoms with Gasteiger partial charge in [-0.15, -0.1) is 0 Å². The van der Waals surface area contributed by atoms with Crippen LogP contribution in [0.25, 0.3) is 11.1 Å². The van der Waals surface area contributed by atoms with E-state index in [2.05, 4.69) is 94.7 Å². The van der Waals surface area contributed by atoms with Gasteiger partial charge in [0.25, 0.3) is 0 Å². The first-order valence-corrected chi connectivity index (χ1v) is 25.1. The first-order valence-electron chi connectivity index (χ1n) is 19.6. The zero-order valence-corrected chi connectivity index (χ0v) is 39.0. The second-order valence-electron chi connectivity index (χ2n) is 13.9. The van der Waals surface area contributed by atoms with E-state index in [0.29, 0.717) is 6.42 Å². The molecule has 2 N–H and O–H groups in total. The number of aliphatic imine (C=N–C) groups is 2. The fourth-order valence-corrected chi connectivity index (χ4v) is 15.4. The topological polar surface area (TPSA) is 65.2 Å². The Hall–Kier alpha value is -5.32. The molecule has 5 heteroatoms. The third kappa shape index (κ3) is 10.5. The number of hydrogen-bond donors (Lipinski definition) is 2. The molecule has 5 rings (SSSR count). The van der Waals surface area contributed by atoms with Crippen LogP contribution in [0, 0.1) is 0 Å². The van der Waals surface area contributed by atoms with Gasteiger partial charge >= 0.3 is 335 Å². The third-order valence-corrected chi connectivity index (χ3v) is 17.2. The van der Waals surface area contributed by atoms with Gasteiger partial charge in [-0.05, 0) is 0 Å². The van der Waals surface area contributed by atoms with Crippen LogP contribution in [0.15, 0.2) is 208 Å². The van der Waals surface area contributed by atoms with Crippen LogP contribution in [0.1, 0.15) is 71.4 Å². The van der Waals surface area contributed by atoms with Gasteiger partial charge in [0.2, 0.25) is 0 Å². The fraction of sp³-hybridized carbons (Fsp3) is 0.176. The standard InChI is InChI=1S/C51H52N2O2.Hg/c1-8-16-39(17-9-2)21-15-24-48-49-36-35-47(52-49)46(41-29-33-44(55)34-30-41)23-14-13-22-45(40-27-31-43(54)32-28-40)37(6)25-26-38(7)51(50(53-48)20-12-5)42(18-10-3)19-11-4;/h10-16,18-21,25-36,54-55H,3,7-9,17,24H2,1-2,4-6H3;/b19-11-,20-12-,21-15-,22-13?,23-14?,26-25?,39-16-,42-18+,45-37?,47-46?,51-50+,53-48?;. The van der Waals surface area contributed by atoms with Crippen LogP contribution >= 0.6 is 0 Å². The van der Waals surface area contributed by atoms with Crippen LogP contribution in [0.2, 0.25) is 0 Å². The third-order valence-electron chi connectivity index (χ3n) is 9.68. The number of rotatable bonds is 12. The van der Waals surface area contributed by atoms with Crippen molar-refractivity contribution in [2.75, 3.05) is 0 Å². The molecule has 0 fully saturated rings. The van der Waals surface area contributed by atoms with Gasteiger partial charge in [-0.25, -0.2) is 0 Å². The average Bonchev–Trinajstić information content (AvgIpc) is 3.86. The molecule has 2 aromatic carbocycles. The van der Waals surface area contributed by atoms with E-state index in [1.54, 1.807) is 30.3 Å². The van der Waals surface area contributed by atoms with Crippen molar-refractivity contribution in [3.63, 3.8) is 0 Å². The van der Waals surface area contributed by atoms with Crippen molar-refractivity contribution < 1.29 is 34.8 Å². The van der Waals surface area contributed by atoms with Crippen molar-refractivity contribution in [3.8, 4) is 11.5 Å². The molecule has 0 aliphatic carbocycles. The van der Waals surface area contributed by atoms with E-state index in [1.165, 1.54) is 17.3 Å². The molecule has 3 aliphatic rings. The van der Waals surface area contributed by atoms with Gasteiger partial charge < -0.3 is 0 Å². The Kier molecular flexibility index (Phi) is 15.4. The van der Waals surface area contributed by atoms with Crippen molar-refractivity contribution >= 4 is 22.6 Å². The van der Waals surface area contributed by atoms with E-state index in [1.807, 2.05) is 62.4 Å². The van der Waals surface area contributed by atoms with Gasteiger partial charge in [0, 0.05) is 0 Å². The Morgan fingerprint density at radius 1 is 0.804 bits per heavy atom. The van der Waals surface area contributed by atoms with Crippen LogP contribution in [-0.4, -0.2) is 21.6 Å². The van der Waals surface area contributed by atoms with E-state index in [-0.39, 0.29) is 11.5 Å². The molecule has 0 amide bonds. The van der Waals surface area contributed by atoms with E-state index in [4.69, 9.17) is 9.98 Å². The molecule has 4 nitrogen and oxygen atoms in total. The van der Waals surface area contributed by atoms with Gasteiger partial charge in [0.05, 0.1) is 0 Å². The summed E-state index contributed by atoms with van der Waals surface area (Å²) in [4.78, 5) is 10.8. The molecule has 0 aromatic heterocycles. The molecule has 56 heavy (non-hydrogen) atoms. The Morgan fingerprint density at radius 2 is 1.46 bits per heavy atom. The fourth-order valence-electron chi connectivity index (χ4n) is 7.18. The molecular formula is C51H52HgN2O2. The van der Waals surface area contributed by atoms with E-state index >= 15 is 0 Å². The van der Waals surface area contributed by atoms with Crippen LogP contribution < -0.4 is 0 Å². The zero-order valence-electron chi connectivity index (χ0n) is 33.5. The summed E-state index contributed by atoms with van der Waals surface area (Å²) in [6, 6.07) is 15.0. The average molecular weight is 926 g/mol. The quantitative estimate of drug-likeness (QED) is 0.165. The minimum absolute atomic E-state index is 0.228. The number of nitrogens with zero attached hydrogens (tertiary/aromatic N) is 2. The van der Waals surface area contributed by atoms with Gasteiger partial charge in [-0.1, -0.05) is 13.8 Å². The summed E-state index contributed by atoms with van der Waals surface area (Å²) in [6.07, 6.45) is 35.5. The van der Waals surface area contributed by atoms with Crippen molar-refractivity contribution in [2.24, 2.45) is 9.98 Å². The number of fused-ring (bicyclic) bond motifs is 3. The number of aromatic hydroxyl groups is 2. The number of benzene rings is 2. The predicted octanol–water partition coefficient (Wildman–Crippen LogP) is 13.3. The van der Waals surface area contributed by atoms with Crippen LogP contribution in [0.4, 0.5) is 0 Å². The number of phenols is 2. The summed E-state index contributed by atoms with van der Waals surface area (Å²) in [5.74, 6) is 0.465. The monoisotopic (exact) mass is 926 g/mol. The van der Waals surface area contributed by atoms with E-state index in [0.717, 1.165) is 81.1 Å². The molecule has 0 saturated heterocycles. The SMILES string of the molecule is C=C/C=C(\C=C/C)C1=C(\C=C/C)N=C(C/C=C\C(=C/CC)CCC)C2=NC(=C(c3ccc(O)cc3)[C]3=CC=[C]([Hg]3)C(c3ccc(O)cc3)=C(C)C=CC\1=C)C=C2. The molecule has 3 aliphatic heterocycles. The molecule has 0 atom stereocenters. The molecule has 0 unspecified atom stereocenters. The predicted molar refractivity (Wildman–Crippen MR) is 236 cm³/mol. The molecule has 2 aromatic rings. The molecule has 3 heterocycles. The van der Waals surface area contributed by atoms with Gasteiger partial charge in [0.1, 0.15) is 0 Å². The number of phenolic OH excluding ortho intramolecular Hbond substituents is 2. The maximum absolute atomic E-state index is 10.3. The second-order valence-corrected chi connectivity index (χ2v) is 21.2. The minimum atomic E-state index is -2.05. The first kappa shape index (κ1) is 41.8.